The van der Waals surface area contributed by atoms with Crippen molar-refractivity contribution >= 4 is 17.4 Å². The lowest BCUT2D eigenvalue weighted by molar-refractivity contribution is -0.121. The van der Waals surface area contributed by atoms with Gasteiger partial charge in [-0.05, 0) is 49.6 Å². The number of rotatable bonds is 4. The van der Waals surface area contributed by atoms with Crippen molar-refractivity contribution in [3.8, 4) is 5.75 Å². The summed E-state index contributed by atoms with van der Waals surface area (Å²) < 4.78 is 5.60. The first-order chi connectivity index (χ1) is 13.8. The third-order valence-electron chi connectivity index (χ3n) is 6.01. The lowest BCUT2D eigenvalue weighted by atomic mass is 9.67. The van der Waals surface area contributed by atoms with Crippen molar-refractivity contribution in [3.05, 3.63) is 70.5 Å². The monoisotopic (exact) mass is 391 g/mol. The second kappa shape index (κ2) is 6.76. The van der Waals surface area contributed by atoms with Crippen molar-refractivity contribution in [2.24, 2.45) is 0 Å². The molecule has 0 bridgehead atoms. The van der Waals surface area contributed by atoms with Crippen molar-refractivity contribution in [1.82, 2.24) is 0 Å². The highest BCUT2D eigenvalue weighted by molar-refractivity contribution is 6.20. The van der Waals surface area contributed by atoms with Gasteiger partial charge < -0.3 is 9.84 Å². The normalized spacial score (nSPS) is 20.0. The summed E-state index contributed by atoms with van der Waals surface area (Å²) in [5.41, 5.74) is 2.67. The van der Waals surface area contributed by atoms with Crippen LogP contribution in [0.3, 0.4) is 0 Å². The summed E-state index contributed by atoms with van der Waals surface area (Å²) in [6.07, 6.45) is 1.99. The fraction of sp³-hybridized carbons (Fsp3) is 0.333. The van der Waals surface area contributed by atoms with E-state index in [1.807, 2.05) is 56.3 Å². The maximum Gasteiger partial charge on any atom is 0.294 e. The highest BCUT2D eigenvalue weighted by Gasteiger charge is 2.54. The van der Waals surface area contributed by atoms with Crippen molar-refractivity contribution in [2.75, 3.05) is 12.0 Å². The van der Waals surface area contributed by atoms with Crippen LogP contribution in [0.5, 0.6) is 5.75 Å². The Balaban J connectivity index is 1.94. The molecule has 0 fully saturated rings. The molecule has 1 aliphatic heterocycles. The number of ketones is 1. The summed E-state index contributed by atoms with van der Waals surface area (Å²) in [6, 6.07) is 12.6. The maximum atomic E-state index is 13.3. The van der Waals surface area contributed by atoms with Gasteiger partial charge >= 0.3 is 0 Å². The number of benzene rings is 2. The van der Waals surface area contributed by atoms with E-state index < -0.39 is 23.1 Å². The number of carbonyl (C=O) groups is 2. The van der Waals surface area contributed by atoms with Gasteiger partial charge in [0.15, 0.2) is 11.5 Å². The Morgan fingerprint density at radius 3 is 2.41 bits per heavy atom. The van der Waals surface area contributed by atoms with Gasteiger partial charge in [-0.2, -0.15) is 0 Å². The van der Waals surface area contributed by atoms with Crippen LogP contribution in [0.15, 0.2) is 53.8 Å². The number of carbonyl (C=O) groups excluding carboxylic acids is 2. The highest BCUT2D eigenvalue weighted by Crippen LogP contribution is 2.53. The third kappa shape index (κ3) is 2.68. The molecule has 4 rings (SSSR count). The molecule has 1 atom stereocenters. The van der Waals surface area contributed by atoms with Crippen LogP contribution in [-0.4, -0.2) is 23.9 Å². The van der Waals surface area contributed by atoms with Gasteiger partial charge in [0, 0.05) is 11.3 Å². The van der Waals surface area contributed by atoms with Crippen LogP contribution in [0, 0.1) is 0 Å². The predicted octanol–water partition coefficient (Wildman–Crippen LogP) is 4.41. The predicted molar refractivity (Wildman–Crippen MR) is 111 cm³/mol. The molecule has 0 spiro atoms. The van der Waals surface area contributed by atoms with Crippen molar-refractivity contribution < 1.29 is 19.4 Å². The van der Waals surface area contributed by atoms with Gasteiger partial charge in [0.2, 0.25) is 0 Å². The highest BCUT2D eigenvalue weighted by atomic mass is 16.5. The minimum Gasteiger partial charge on any atom is -0.503 e. The van der Waals surface area contributed by atoms with E-state index in [4.69, 9.17) is 4.74 Å². The molecule has 2 aromatic carbocycles. The zero-order valence-corrected chi connectivity index (χ0v) is 17.2. The molecule has 5 nitrogen and oxygen atoms in total. The minimum absolute atomic E-state index is 0.148. The second-order valence-electron chi connectivity index (χ2n) is 8.13. The molecule has 0 saturated heterocycles. The van der Waals surface area contributed by atoms with Gasteiger partial charge in [-0.25, -0.2) is 0 Å². The fourth-order valence-corrected chi connectivity index (χ4v) is 4.50. The standard InChI is InChI=1S/C24H25NO4/c1-5-7-14-10-12-15(13-11-14)25-20-18-16(8-6-9-17(18)29-4)24(2,3)22(27)19(20)21(26)23(25)28/h6,8-13,20,26H,5,7H2,1-4H3. The van der Waals surface area contributed by atoms with Crippen LogP contribution in [0.2, 0.25) is 0 Å². The van der Waals surface area contributed by atoms with Crippen LogP contribution < -0.4 is 9.64 Å². The molecule has 1 heterocycles. The van der Waals surface area contributed by atoms with Crippen molar-refractivity contribution in [2.45, 2.75) is 45.1 Å². The van der Waals surface area contributed by atoms with Crippen LogP contribution in [0.25, 0.3) is 0 Å². The summed E-state index contributed by atoms with van der Waals surface area (Å²) in [6.45, 7) is 5.75. The number of aryl methyl sites for hydroxylation is 1. The zero-order chi connectivity index (χ0) is 20.9. The molecule has 29 heavy (non-hydrogen) atoms. The van der Waals surface area contributed by atoms with E-state index in [-0.39, 0.29) is 11.4 Å². The van der Waals surface area contributed by atoms with Gasteiger partial charge in [-0.15, -0.1) is 0 Å². The Morgan fingerprint density at radius 1 is 1.10 bits per heavy atom. The summed E-state index contributed by atoms with van der Waals surface area (Å²) in [5.74, 6) is -0.668. The molecule has 2 aliphatic rings. The molecular formula is C24H25NO4. The number of amides is 1. The number of fused-ring (bicyclic) bond motifs is 3. The van der Waals surface area contributed by atoms with Gasteiger partial charge in [0.05, 0.1) is 24.1 Å². The molecule has 0 radical (unpaired) electrons. The molecule has 5 heteroatoms. The van der Waals surface area contributed by atoms with Crippen molar-refractivity contribution in [1.29, 1.82) is 0 Å². The van der Waals surface area contributed by atoms with E-state index in [0.717, 1.165) is 24.0 Å². The Labute approximate surface area is 170 Å². The lowest BCUT2D eigenvalue weighted by Gasteiger charge is -2.39. The zero-order valence-electron chi connectivity index (χ0n) is 17.2. The van der Waals surface area contributed by atoms with Crippen LogP contribution in [0.4, 0.5) is 5.69 Å². The van der Waals surface area contributed by atoms with E-state index >= 15 is 0 Å². The topological polar surface area (TPSA) is 66.8 Å². The number of hydrogen-bond acceptors (Lipinski definition) is 4. The Hall–Kier alpha value is -3.08. The summed E-state index contributed by atoms with van der Waals surface area (Å²) in [7, 11) is 1.57. The van der Waals surface area contributed by atoms with E-state index in [0.29, 0.717) is 11.4 Å². The first kappa shape index (κ1) is 19.2. The Kier molecular flexibility index (Phi) is 4.49. The molecular weight excluding hydrogens is 366 g/mol. The Bertz CT molecular complexity index is 1030. The Morgan fingerprint density at radius 2 is 1.79 bits per heavy atom. The largest absolute Gasteiger partial charge is 0.503 e. The number of aliphatic hydroxyl groups excluding tert-OH is 1. The number of aliphatic hydroxyl groups is 1. The number of nitrogens with zero attached hydrogens (tertiary/aromatic N) is 1. The SMILES string of the molecule is CCCc1ccc(N2C(=O)C(O)=C3C(=O)C(C)(C)c4cccc(OC)c4C32)cc1. The summed E-state index contributed by atoms with van der Waals surface area (Å²) in [4.78, 5) is 27.9. The van der Waals surface area contributed by atoms with E-state index in [1.54, 1.807) is 7.11 Å². The maximum absolute atomic E-state index is 13.3. The second-order valence-corrected chi connectivity index (χ2v) is 8.13. The molecule has 1 aliphatic carbocycles. The number of methoxy groups -OCH3 is 1. The average Bonchev–Trinajstić information content (AvgIpc) is 2.97. The molecule has 2 aromatic rings. The van der Waals surface area contributed by atoms with E-state index in [2.05, 4.69) is 6.92 Å². The van der Waals surface area contributed by atoms with Gasteiger partial charge in [-0.3, -0.25) is 14.5 Å². The van der Waals surface area contributed by atoms with Crippen LogP contribution in [-0.2, 0) is 21.4 Å². The van der Waals surface area contributed by atoms with Gasteiger partial charge in [0.25, 0.3) is 5.91 Å². The molecule has 1 unspecified atom stereocenters. The summed E-state index contributed by atoms with van der Waals surface area (Å²) >= 11 is 0. The fourth-order valence-electron chi connectivity index (χ4n) is 4.50. The van der Waals surface area contributed by atoms with E-state index in [1.165, 1.54) is 10.5 Å². The van der Waals surface area contributed by atoms with E-state index in [9.17, 15) is 14.7 Å². The van der Waals surface area contributed by atoms with Crippen LogP contribution in [0.1, 0.15) is 49.9 Å². The first-order valence-electron chi connectivity index (χ1n) is 9.90. The summed E-state index contributed by atoms with van der Waals surface area (Å²) in [5, 5.41) is 10.7. The molecule has 0 aromatic heterocycles. The van der Waals surface area contributed by atoms with Gasteiger partial charge in [-0.1, -0.05) is 37.6 Å². The number of hydrogen-bond donors (Lipinski definition) is 1. The minimum atomic E-state index is -0.870. The molecule has 0 saturated carbocycles. The molecule has 1 N–H and O–H groups in total. The number of anilines is 1. The van der Waals surface area contributed by atoms with Crippen molar-refractivity contribution in [3.63, 3.8) is 0 Å². The number of Topliss-reactive ketones (excluding diaryl/α,β-unsaturated/α-hetero) is 1. The third-order valence-corrected chi connectivity index (χ3v) is 6.01. The molecule has 1 amide bonds. The number of ether oxygens (including phenoxy) is 1. The first-order valence-corrected chi connectivity index (χ1v) is 9.90. The van der Waals surface area contributed by atoms with Crippen LogP contribution >= 0.6 is 0 Å². The van der Waals surface area contributed by atoms with Gasteiger partial charge in [0.1, 0.15) is 5.75 Å². The smallest absolute Gasteiger partial charge is 0.294 e. The average molecular weight is 391 g/mol. The quantitative estimate of drug-likeness (QED) is 0.838. The molecule has 150 valence electrons. The lowest BCUT2D eigenvalue weighted by Crippen LogP contribution is -2.41.